The van der Waals surface area contributed by atoms with Crippen molar-refractivity contribution in [1.29, 1.82) is 0 Å². The van der Waals surface area contributed by atoms with Gasteiger partial charge in [-0.1, -0.05) is 34.4 Å². The molecule has 1 atom stereocenters. The highest BCUT2D eigenvalue weighted by Gasteiger charge is 2.12. The van der Waals surface area contributed by atoms with E-state index in [0.29, 0.717) is 34.2 Å². The SMILES string of the molecule is CCC(CCN)CCc1nc(-c2cc(F)cc(Br)c2)no1. The average molecular weight is 356 g/mol. The van der Waals surface area contributed by atoms with Gasteiger partial charge in [-0.3, -0.25) is 0 Å². The summed E-state index contributed by atoms with van der Waals surface area (Å²) >= 11 is 3.26. The van der Waals surface area contributed by atoms with Crippen LogP contribution in [0.2, 0.25) is 0 Å². The van der Waals surface area contributed by atoms with Crippen molar-refractivity contribution in [1.82, 2.24) is 10.1 Å². The summed E-state index contributed by atoms with van der Waals surface area (Å²) in [4.78, 5) is 4.33. The molecule has 21 heavy (non-hydrogen) atoms. The number of halogens is 2. The van der Waals surface area contributed by atoms with E-state index in [9.17, 15) is 4.39 Å². The average Bonchev–Trinajstić information content (AvgIpc) is 2.91. The van der Waals surface area contributed by atoms with Gasteiger partial charge in [0, 0.05) is 16.5 Å². The molecule has 0 aliphatic heterocycles. The smallest absolute Gasteiger partial charge is 0.226 e. The Hall–Kier alpha value is -1.27. The Morgan fingerprint density at radius 2 is 2.14 bits per heavy atom. The maximum atomic E-state index is 13.4. The highest BCUT2D eigenvalue weighted by Crippen LogP contribution is 2.23. The molecule has 0 aliphatic rings. The van der Waals surface area contributed by atoms with E-state index in [1.54, 1.807) is 6.07 Å². The summed E-state index contributed by atoms with van der Waals surface area (Å²) in [5.74, 6) is 1.24. The fourth-order valence-electron chi connectivity index (χ4n) is 2.27. The maximum Gasteiger partial charge on any atom is 0.226 e. The van der Waals surface area contributed by atoms with Crippen molar-refractivity contribution in [2.75, 3.05) is 6.54 Å². The molecule has 1 unspecified atom stereocenters. The summed E-state index contributed by atoms with van der Waals surface area (Å²) < 4.78 is 19.3. The van der Waals surface area contributed by atoms with Gasteiger partial charge in [0.1, 0.15) is 5.82 Å². The molecule has 114 valence electrons. The van der Waals surface area contributed by atoms with Crippen molar-refractivity contribution < 1.29 is 8.91 Å². The normalized spacial score (nSPS) is 12.6. The van der Waals surface area contributed by atoms with Crippen LogP contribution in [-0.2, 0) is 6.42 Å². The minimum absolute atomic E-state index is 0.334. The number of rotatable bonds is 7. The van der Waals surface area contributed by atoms with E-state index in [4.69, 9.17) is 10.3 Å². The number of aromatic nitrogens is 2. The zero-order valence-electron chi connectivity index (χ0n) is 12.0. The molecule has 0 fully saturated rings. The van der Waals surface area contributed by atoms with Crippen LogP contribution in [0.15, 0.2) is 27.2 Å². The van der Waals surface area contributed by atoms with Gasteiger partial charge in [0.05, 0.1) is 0 Å². The monoisotopic (exact) mass is 355 g/mol. The third kappa shape index (κ3) is 4.61. The second kappa shape index (κ2) is 7.66. The lowest BCUT2D eigenvalue weighted by atomic mass is 9.97. The van der Waals surface area contributed by atoms with Crippen LogP contribution in [0.5, 0.6) is 0 Å². The van der Waals surface area contributed by atoms with Crippen molar-refractivity contribution in [3.05, 3.63) is 34.4 Å². The molecule has 4 nitrogen and oxygen atoms in total. The van der Waals surface area contributed by atoms with Crippen LogP contribution in [0.1, 0.15) is 32.1 Å². The Bertz CT molecular complexity index is 568. The molecule has 6 heteroatoms. The minimum Gasteiger partial charge on any atom is -0.339 e. The number of hydrogen-bond acceptors (Lipinski definition) is 4. The molecule has 0 bridgehead atoms. The largest absolute Gasteiger partial charge is 0.339 e. The van der Waals surface area contributed by atoms with Gasteiger partial charge in [-0.05, 0) is 43.5 Å². The van der Waals surface area contributed by atoms with Crippen molar-refractivity contribution in [2.24, 2.45) is 11.7 Å². The van der Waals surface area contributed by atoms with Crippen molar-refractivity contribution in [3.8, 4) is 11.4 Å². The molecule has 2 N–H and O–H groups in total. The second-order valence-corrected chi connectivity index (χ2v) is 5.98. The van der Waals surface area contributed by atoms with Gasteiger partial charge in [0.15, 0.2) is 0 Å². The van der Waals surface area contributed by atoms with Crippen molar-refractivity contribution in [3.63, 3.8) is 0 Å². The van der Waals surface area contributed by atoms with Gasteiger partial charge < -0.3 is 10.3 Å². The lowest BCUT2D eigenvalue weighted by Gasteiger charge is -2.11. The molecular formula is C15H19BrFN3O. The summed E-state index contributed by atoms with van der Waals surface area (Å²) in [6, 6.07) is 4.55. The summed E-state index contributed by atoms with van der Waals surface area (Å²) in [5.41, 5.74) is 6.19. The van der Waals surface area contributed by atoms with E-state index in [-0.39, 0.29) is 5.82 Å². The standard InChI is InChI=1S/C15H19BrFN3O/c1-2-10(5-6-18)3-4-14-19-15(20-21-14)11-7-12(16)9-13(17)8-11/h7-10H,2-6,18H2,1H3. The second-order valence-electron chi connectivity index (χ2n) is 5.06. The summed E-state index contributed by atoms with van der Waals surface area (Å²) in [5, 5.41) is 3.92. The van der Waals surface area contributed by atoms with Gasteiger partial charge in [-0.15, -0.1) is 0 Å². The van der Waals surface area contributed by atoms with Crippen LogP contribution >= 0.6 is 15.9 Å². The number of aryl methyl sites for hydroxylation is 1. The number of benzene rings is 1. The quantitative estimate of drug-likeness (QED) is 0.816. The number of nitrogens with zero attached hydrogens (tertiary/aromatic N) is 2. The minimum atomic E-state index is -0.334. The summed E-state index contributed by atoms with van der Waals surface area (Å²) in [6.07, 6.45) is 3.80. The molecule has 0 saturated heterocycles. The summed E-state index contributed by atoms with van der Waals surface area (Å²) in [6.45, 7) is 2.86. The Morgan fingerprint density at radius 3 is 2.81 bits per heavy atom. The molecule has 0 amide bonds. The highest BCUT2D eigenvalue weighted by atomic mass is 79.9. The lowest BCUT2D eigenvalue weighted by molar-refractivity contribution is 0.354. The van der Waals surface area contributed by atoms with E-state index in [1.807, 2.05) is 0 Å². The van der Waals surface area contributed by atoms with Crippen LogP contribution in [-0.4, -0.2) is 16.7 Å². The molecule has 0 aliphatic carbocycles. The van der Waals surface area contributed by atoms with Gasteiger partial charge in [-0.25, -0.2) is 4.39 Å². The molecule has 1 aromatic carbocycles. The topological polar surface area (TPSA) is 64.9 Å². The predicted octanol–water partition coefficient (Wildman–Crippen LogP) is 3.95. The van der Waals surface area contributed by atoms with Crippen LogP contribution in [0, 0.1) is 11.7 Å². The Morgan fingerprint density at radius 1 is 1.33 bits per heavy atom. The molecule has 0 spiro atoms. The van der Waals surface area contributed by atoms with Crippen LogP contribution < -0.4 is 5.73 Å². The molecule has 1 heterocycles. The van der Waals surface area contributed by atoms with Crippen molar-refractivity contribution >= 4 is 15.9 Å². The van der Waals surface area contributed by atoms with Gasteiger partial charge in [-0.2, -0.15) is 4.98 Å². The molecule has 2 aromatic rings. The first kappa shape index (κ1) is 16.1. The number of nitrogens with two attached hydrogens (primary N) is 1. The molecule has 0 radical (unpaired) electrons. The molecule has 2 rings (SSSR count). The zero-order valence-corrected chi connectivity index (χ0v) is 13.6. The molecular weight excluding hydrogens is 337 g/mol. The van der Waals surface area contributed by atoms with Gasteiger partial charge >= 0.3 is 0 Å². The first-order valence-corrected chi connectivity index (χ1v) is 7.90. The Labute approximate surface area is 132 Å². The van der Waals surface area contributed by atoms with E-state index in [0.717, 1.165) is 25.7 Å². The van der Waals surface area contributed by atoms with Crippen molar-refractivity contribution in [2.45, 2.75) is 32.6 Å². The van der Waals surface area contributed by atoms with E-state index in [1.165, 1.54) is 12.1 Å². The van der Waals surface area contributed by atoms with Crippen LogP contribution in [0.3, 0.4) is 0 Å². The third-order valence-electron chi connectivity index (χ3n) is 3.51. The Balaban J connectivity index is 2.04. The summed E-state index contributed by atoms with van der Waals surface area (Å²) in [7, 11) is 0. The fraction of sp³-hybridized carbons (Fsp3) is 0.467. The van der Waals surface area contributed by atoms with Crippen LogP contribution in [0.4, 0.5) is 4.39 Å². The first-order valence-electron chi connectivity index (χ1n) is 7.11. The zero-order chi connectivity index (χ0) is 15.2. The Kier molecular flexibility index (Phi) is 5.87. The maximum absolute atomic E-state index is 13.4. The number of hydrogen-bond donors (Lipinski definition) is 1. The molecule has 1 aromatic heterocycles. The first-order chi connectivity index (χ1) is 10.1. The van der Waals surface area contributed by atoms with E-state index >= 15 is 0 Å². The van der Waals surface area contributed by atoms with Gasteiger partial charge in [0.25, 0.3) is 0 Å². The lowest BCUT2D eigenvalue weighted by Crippen LogP contribution is -2.09. The highest BCUT2D eigenvalue weighted by molar-refractivity contribution is 9.10. The van der Waals surface area contributed by atoms with Gasteiger partial charge in [0.2, 0.25) is 11.7 Å². The van der Waals surface area contributed by atoms with E-state index < -0.39 is 0 Å². The fourth-order valence-corrected chi connectivity index (χ4v) is 2.74. The van der Waals surface area contributed by atoms with E-state index in [2.05, 4.69) is 33.0 Å². The third-order valence-corrected chi connectivity index (χ3v) is 3.97. The molecule has 0 saturated carbocycles. The predicted molar refractivity (Wildman–Crippen MR) is 83.2 cm³/mol. The van der Waals surface area contributed by atoms with Crippen LogP contribution in [0.25, 0.3) is 11.4 Å².